The number of alkyl halides is 1. The number of morpholine rings is 1. The number of hydrogen-bond acceptors (Lipinski definition) is 3. The van der Waals surface area contributed by atoms with Gasteiger partial charge >= 0.3 is 0 Å². The van der Waals surface area contributed by atoms with Gasteiger partial charge in [0.1, 0.15) is 5.67 Å². The van der Waals surface area contributed by atoms with Crippen molar-refractivity contribution in [2.24, 2.45) is 0 Å². The van der Waals surface area contributed by atoms with Gasteiger partial charge in [-0.25, -0.2) is 4.39 Å². The van der Waals surface area contributed by atoms with E-state index >= 15 is 0 Å². The van der Waals surface area contributed by atoms with Crippen molar-refractivity contribution in [3.8, 4) is 0 Å². The summed E-state index contributed by atoms with van der Waals surface area (Å²) in [5.74, 6) is 0. The van der Waals surface area contributed by atoms with Gasteiger partial charge in [0.2, 0.25) is 0 Å². The van der Waals surface area contributed by atoms with Crippen LogP contribution in [0.2, 0.25) is 0 Å². The zero-order valence-corrected chi connectivity index (χ0v) is 7.71. The Morgan fingerprint density at radius 2 is 2.31 bits per heavy atom. The second kappa shape index (κ2) is 3.52. The molecule has 13 heavy (non-hydrogen) atoms. The predicted molar refractivity (Wildman–Crippen MR) is 46.3 cm³/mol. The average molecular weight is 189 g/mol. The van der Waals surface area contributed by atoms with E-state index in [1.807, 2.05) is 0 Å². The fourth-order valence-electron chi connectivity index (χ4n) is 1.73. The number of aliphatic hydroxyl groups is 1. The second-order valence-electron chi connectivity index (χ2n) is 4.06. The standard InChI is InChI=1S/C9H16FNO2/c10-9(1-2-9)7-11-3-4-13-8(5-11)6-12/h8,12H,1-7H2. The minimum Gasteiger partial charge on any atom is -0.394 e. The van der Waals surface area contributed by atoms with E-state index in [0.29, 0.717) is 32.5 Å². The van der Waals surface area contributed by atoms with Crippen LogP contribution in [0.3, 0.4) is 0 Å². The van der Waals surface area contributed by atoms with Crippen LogP contribution in [0.4, 0.5) is 4.39 Å². The van der Waals surface area contributed by atoms with Gasteiger partial charge in [0.05, 0.1) is 19.3 Å². The van der Waals surface area contributed by atoms with Crippen molar-refractivity contribution < 1.29 is 14.2 Å². The third-order valence-corrected chi connectivity index (χ3v) is 2.73. The molecule has 1 atom stereocenters. The number of halogens is 1. The molecule has 1 N–H and O–H groups in total. The lowest BCUT2D eigenvalue weighted by molar-refractivity contribution is -0.0587. The Morgan fingerprint density at radius 3 is 2.92 bits per heavy atom. The summed E-state index contributed by atoms with van der Waals surface area (Å²) in [5, 5.41) is 8.88. The molecule has 1 saturated heterocycles. The molecule has 1 aliphatic heterocycles. The van der Waals surface area contributed by atoms with E-state index in [1.165, 1.54) is 0 Å². The van der Waals surface area contributed by atoms with Crippen LogP contribution in [0.1, 0.15) is 12.8 Å². The summed E-state index contributed by atoms with van der Waals surface area (Å²) >= 11 is 0. The molecule has 1 aliphatic carbocycles. The van der Waals surface area contributed by atoms with Gasteiger partial charge in [-0.1, -0.05) is 0 Å². The summed E-state index contributed by atoms with van der Waals surface area (Å²) in [6, 6.07) is 0. The molecule has 0 aromatic rings. The van der Waals surface area contributed by atoms with E-state index in [1.54, 1.807) is 0 Å². The third kappa shape index (κ3) is 2.39. The van der Waals surface area contributed by atoms with E-state index in [0.717, 1.165) is 6.54 Å². The maximum absolute atomic E-state index is 13.4. The van der Waals surface area contributed by atoms with E-state index in [4.69, 9.17) is 9.84 Å². The molecule has 4 heteroatoms. The highest BCUT2D eigenvalue weighted by Crippen LogP contribution is 2.40. The van der Waals surface area contributed by atoms with Gasteiger partial charge in [-0.3, -0.25) is 4.90 Å². The van der Waals surface area contributed by atoms with Crippen molar-refractivity contribution in [2.45, 2.75) is 24.6 Å². The predicted octanol–water partition coefficient (Wildman–Crippen LogP) is 0.182. The maximum Gasteiger partial charge on any atom is 0.123 e. The van der Waals surface area contributed by atoms with Crippen molar-refractivity contribution in [1.82, 2.24) is 4.90 Å². The zero-order chi connectivity index (χ0) is 9.31. The largest absolute Gasteiger partial charge is 0.394 e. The van der Waals surface area contributed by atoms with Gasteiger partial charge < -0.3 is 9.84 Å². The summed E-state index contributed by atoms with van der Waals surface area (Å²) in [6.45, 7) is 2.63. The molecule has 0 radical (unpaired) electrons. The number of aliphatic hydroxyl groups excluding tert-OH is 1. The molecule has 76 valence electrons. The Morgan fingerprint density at radius 1 is 1.54 bits per heavy atom. The molecule has 0 aromatic carbocycles. The summed E-state index contributed by atoms with van der Waals surface area (Å²) < 4.78 is 18.6. The lowest BCUT2D eigenvalue weighted by atomic mass is 10.2. The highest BCUT2D eigenvalue weighted by molar-refractivity contribution is 4.97. The highest BCUT2D eigenvalue weighted by Gasteiger charge is 2.44. The first-order chi connectivity index (χ1) is 6.22. The first-order valence-electron chi connectivity index (χ1n) is 4.86. The van der Waals surface area contributed by atoms with Crippen LogP contribution in [0.5, 0.6) is 0 Å². The number of ether oxygens (including phenoxy) is 1. The molecule has 0 spiro atoms. The van der Waals surface area contributed by atoms with Crippen LogP contribution < -0.4 is 0 Å². The second-order valence-corrected chi connectivity index (χ2v) is 4.06. The number of rotatable bonds is 3. The maximum atomic E-state index is 13.4. The molecular weight excluding hydrogens is 173 g/mol. The SMILES string of the molecule is OCC1CN(CC2(F)CC2)CCO1. The number of nitrogens with zero attached hydrogens (tertiary/aromatic N) is 1. The minimum absolute atomic E-state index is 0.0375. The van der Waals surface area contributed by atoms with Gasteiger partial charge in [-0.05, 0) is 12.8 Å². The van der Waals surface area contributed by atoms with Gasteiger partial charge in [0, 0.05) is 19.6 Å². The average Bonchev–Trinajstić information content (AvgIpc) is 2.84. The molecule has 1 unspecified atom stereocenters. The molecule has 2 rings (SSSR count). The summed E-state index contributed by atoms with van der Waals surface area (Å²) in [6.07, 6.45) is 1.29. The fourth-order valence-corrected chi connectivity index (χ4v) is 1.73. The van der Waals surface area contributed by atoms with Crippen molar-refractivity contribution in [3.05, 3.63) is 0 Å². The molecule has 2 fully saturated rings. The van der Waals surface area contributed by atoms with Crippen LogP contribution in [-0.2, 0) is 4.74 Å². The molecular formula is C9H16FNO2. The van der Waals surface area contributed by atoms with E-state index in [2.05, 4.69) is 4.90 Å². The monoisotopic (exact) mass is 189 g/mol. The van der Waals surface area contributed by atoms with Crippen LogP contribution >= 0.6 is 0 Å². The van der Waals surface area contributed by atoms with Gasteiger partial charge in [0.25, 0.3) is 0 Å². The van der Waals surface area contributed by atoms with Crippen LogP contribution in [0, 0.1) is 0 Å². The molecule has 0 amide bonds. The summed E-state index contributed by atoms with van der Waals surface area (Å²) in [7, 11) is 0. The summed E-state index contributed by atoms with van der Waals surface area (Å²) in [4.78, 5) is 2.05. The zero-order valence-electron chi connectivity index (χ0n) is 7.71. The van der Waals surface area contributed by atoms with Gasteiger partial charge in [-0.2, -0.15) is 0 Å². The van der Waals surface area contributed by atoms with Gasteiger partial charge in [-0.15, -0.1) is 0 Å². The van der Waals surface area contributed by atoms with Crippen molar-refractivity contribution in [2.75, 3.05) is 32.8 Å². The molecule has 0 aromatic heterocycles. The first-order valence-corrected chi connectivity index (χ1v) is 4.86. The molecule has 1 heterocycles. The Kier molecular flexibility index (Phi) is 2.53. The van der Waals surface area contributed by atoms with Crippen LogP contribution in [-0.4, -0.2) is 54.6 Å². The third-order valence-electron chi connectivity index (χ3n) is 2.73. The smallest absolute Gasteiger partial charge is 0.123 e. The van der Waals surface area contributed by atoms with E-state index in [9.17, 15) is 4.39 Å². The first kappa shape index (κ1) is 9.37. The normalized spacial score (nSPS) is 33.2. The van der Waals surface area contributed by atoms with Crippen molar-refractivity contribution in [3.63, 3.8) is 0 Å². The van der Waals surface area contributed by atoms with Gasteiger partial charge in [0.15, 0.2) is 0 Å². The Balaban J connectivity index is 1.78. The fraction of sp³-hybridized carbons (Fsp3) is 1.00. The quantitative estimate of drug-likeness (QED) is 0.687. The van der Waals surface area contributed by atoms with E-state index < -0.39 is 5.67 Å². The summed E-state index contributed by atoms with van der Waals surface area (Å²) in [5.41, 5.74) is -0.919. The molecule has 0 bridgehead atoms. The molecule has 2 aliphatic rings. The minimum atomic E-state index is -0.919. The lowest BCUT2D eigenvalue weighted by Gasteiger charge is -2.32. The lowest BCUT2D eigenvalue weighted by Crippen LogP contribution is -2.46. The van der Waals surface area contributed by atoms with E-state index in [-0.39, 0.29) is 12.7 Å². The topological polar surface area (TPSA) is 32.7 Å². The van der Waals surface area contributed by atoms with Crippen molar-refractivity contribution in [1.29, 1.82) is 0 Å². The number of hydrogen-bond donors (Lipinski definition) is 1. The Hall–Kier alpha value is -0.190. The highest BCUT2D eigenvalue weighted by atomic mass is 19.1. The molecule has 1 saturated carbocycles. The van der Waals surface area contributed by atoms with Crippen LogP contribution in [0.15, 0.2) is 0 Å². The van der Waals surface area contributed by atoms with Crippen molar-refractivity contribution >= 4 is 0 Å². The molecule has 3 nitrogen and oxygen atoms in total. The Bertz CT molecular complexity index is 184. The Labute approximate surface area is 77.5 Å². The van der Waals surface area contributed by atoms with Crippen LogP contribution in [0.25, 0.3) is 0 Å².